The number of aryl methyl sites for hydroxylation is 1. The Morgan fingerprint density at radius 3 is 2.56 bits per heavy atom. The molecule has 25 heavy (non-hydrogen) atoms. The Morgan fingerprint density at radius 2 is 1.96 bits per heavy atom. The van der Waals surface area contributed by atoms with Crippen molar-refractivity contribution in [3.05, 3.63) is 46.7 Å². The first kappa shape index (κ1) is 19.4. The van der Waals surface area contributed by atoms with Crippen molar-refractivity contribution in [2.75, 3.05) is 5.32 Å². The number of carbonyl (C=O) groups is 2. The standard InChI is InChI=1S/C17H17F2NO3S2/c1-11(23-15(21)7-2-12-8-9-24-10-12)16(22)20-13-3-5-14(6-4-13)25-17(18)19/h3-6,8-11,17H,2,7H2,1H3,(H,20,22)/t11-/m1/s1. The largest absolute Gasteiger partial charge is 0.453 e. The SMILES string of the molecule is C[C@@H](OC(=O)CCc1ccsc1)C(=O)Nc1ccc(SC(F)F)cc1. The summed E-state index contributed by atoms with van der Waals surface area (Å²) in [5, 5.41) is 6.48. The molecule has 0 aliphatic rings. The monoisotopic (exact) mass is 385 g/mol. The van der Waals surface area contributed by atoms with Crippen molar-refractivity contribution in [1.82, 2.24) is 0 Å². The van der Waals surface area contributed by atoms with Gasteiger partial charge in [0, 0.05) is 17.0 Å². The van der Waals surface area contributed by atoms with E-state index < -0.39 is 23.7 Å². The maximum atomic E-state index is 12.3. The lowest BCUT2D eigenvalue weighted by Gasteiger charge is -2.13. The van der Waals surface area contributed by atoms with Crippen LogP contribution in [0.25, 0.3) is 0 Å². The van der Waals surface area contributed by atoms with Gasteiger partial charge in [-0.25, -0.2) is 0 Å². The topological polar surface area (TPSA) is 55.4 Å². The van der Waals surface area contributed by atoms with E-state index in [0.717, 1.165) is 5.56 Å². The molecule has 0 saturated heterocycles. The molecule has 0 spiro atoms. The first-order chi connectivity index (χ1) is 11.9. The molecule has 1 heterocycles. The Bertz CT molecular complexity index is 690. The molecular formula is C17H17F2NO3S2. The zero-order chi connectivity index (χ0) is 18.2. The molecule has 1 aromatic heterocycles. The lowest BCUT2D eigenvalue weighted by atomic mass is 10.2. The molecule has 134 valence electrons. The summed E-state index contributed by atoms with van der Waals surface area (Å²) in [6.07, 6.45) is -0.168. The number of carbonyl (C=O) groups excluding carboxylic acids is 2. The maximum Gasteiger partial charge on any atom is 0.306 e. The molecule has 4 nitrogen and oxygen atoms in total. The number of ether oxygens (including phenoxy) is 1. The number of alkyl halides is 2. The number of nitrogens with one attached hydrogen (secondary N) is 1. The predicted octanol–water partition coefficient (Wildman–Crippen LogP) is 4.57. The summed E-state index contributed by atoms with van der Waals surface area (Å²) >= 11 is 1.99. The fourth-order valence-electron chi connectivity index (χ4n) is 1.95. The fraction of sp³-hybridized carbons (Fsp3) is 0.294. The highest BCUT2D eigenvalue weighted by molar-refractivity contribution is 7.99. The van der Waals surface area contributed by atoms with E-state index >= 15 is 0 Å². The summed E-state index contributed by atoms with van der Waals surface area (Å²) in [4.78, 5) is 24.2. The van der Waals surface area contributed by atoms with Crippen LogP contribution in [0.1, 0.15) is 18.9 Å². The van der Waals surface area contributed by atoms with Crippen LogP contribution in [-0.4, -0.2) is 23.7 Å². The smallest absolute Gasteiger partial charge is 0.306 e. The van der Waals surface area contributed by atoms with Gasteiger partial charge in [-0.2, -0.15) is 20.1 Å². The lowest BCUT2D eigenvalue weighted by Crippen LogP contribution is -2.30. The van der Waals surface area contributed by atoms with Crippen LogP contribution in [0.3, 0.4) is 0 Å². The minimum absolute atomic E-state index is 0.202. The Kier molecular flexibility index (Phi) is 7.39. The maximum absolute atomic E-state index is 12.3. The van der Waals surface area contributed by atoms with Gasteiger partial charge in [0.25, 0.3) is 11.7 Å². The number of esters is 1. The molecule has 8 heteroatoms. The molecule has 0 unspecified atom stereocenters. The minimum atomic E-state index is -2.49. The third-order valence-electron chi connectivity index (χ3n) is 3.22. The molecule has 0 aliphatic carbocycles. The van der Waals surface area contributed by atoms with E-state index in [1.165, 1.54) is 31.2 Å². The average Bonchev–Trinajstić information content (AvgIpc) is 3.07. The van der Waals surface area contributed by atoms with Crippen LogP contribution in [0.15, 0.2) is 46.0 Å². The van der Waals surface area contributed by atoms with Crippen LogP contribution < -0.4 is 5.32 Å². The summed E-state index contributed by atoms with van der Waals surface area (Å²) in [7, 11) is 0. The van der Waals surface area contributed by atoms with Crippen LogP contribution in [-0.2, 0) is 20.7 Å². The van der Waals surface area contributed by atoms with Crippen LogP contribution in [0.5, 0.6) is 0 Å². The van der Waals surface area contributed by atoms with Crippen molar-refractivity contribution in [2.24, 2.45) is 0 Å². The normalized spacial score (nSPS) is 12.0. The molecule has 1 atom stereocenters. The van der Waals surface area contributed by atoms with Crippen molar-refractivity contribution in [3.63, 3.8) is 0 Å². The second kappa shape index (κ2) is 9.53. The van der Waals surface area contributed by atoms with Crippen molar-refractivity contribution in [1.29, 1.82) is 0 Å². The number of thioether (sulfide) groups is 1. The van der Waals surface area contributed by atoms with E-state index in [2.05, 4.69) is 5.32 Å². The van der Waals surface area contributed by atoms with Gasteiger partial charge in [0.2, 0.25) is 0 Å². The van der Waals surface area contributed by atoms with Crippen molar-refractivity contribution >= 4 is 40.7 Å². The molecule has 0 fully saturated rings. The highest BCUT2D eigenvalue weighted by atomic mass is 32.2. The zero-order valence-corrected chi connectivity index (χ0v) is 15.0. The summed E-state index contributed by atoms with van der Waals surface area (Å²) in [6, 6.07) is 7.96. The van der Waals surface area contributed by atoms with Gasteiger partial charge in [-0.3, -0.25) is 9.59 Å². The van der Waals surface area contributed by atoms with Crippen molar-refractivity contribution in [3.8, 4) is 0 Å². The highest BCUT2D eigenvalue weighted by Crippen LogP contribution is 2.26. The Hall–Kier alpha value is -1.93. The number of halogens is 2. The van der Waals surface area contributed by atoms with E-state index in [-0.39, 0.29) is 6.42 Å². The van der Waals surface area contributed by atoms with Crippen molar-refractivity contribution < 1.29 is 23.1 Å². The van der Waals surface area contributed by atoms with Gasteiger partial charge in [0.05, 0.1) is 0 Å². The van der Waals surface area contributed by atoms with Gasteiger partial charge in [0.1, 0.15) is 0 Å². The molecule has 1 amide bonds. The molecule has 1 N–H and O–H groups in total. The zero-order valence-electron chi connectivity index (χ0n) is 13.4. The molecule has 1 aromatic carbocycles. The number of thiophene rings is 1. The summed E-state index contributed by atoms with van der Waals surface area (Å²) in [6.45, 7) is 1.48. The van der Waals surface area contributed by atoms with Crippen LogP contribution in [0.4, 0.5) is 14.5 Å². The molecule has 2 aromatic rings. The number of hydrogen-bond donors (Lipinski definition) is 1. The van der Waals surface area contributed by atoms with E-state index in [4.69, 9.17) is 4.74 Å². The number of rotatable bonds is 8. The van der Waals surface area contributed by atoms with Gasteiger partial charge in [-0.15, -0.1) is 0 Å². The molecular weight excluding hydrogens is 368 g/mol. The summed E-state index contributed by atoms with van der Waals surface area (Å²) in [5.41, 5.74) is 1.51. The highest BCUT2D eigenvalue weighted by Gasteiger charge is 2.18. The Labute approximate surface area is 152 Å². The van der Waals surface area contributed by atoms with E-state index in [9.17, 15) is 18.4 Å². The van der Waals surface area contributed by atoms with E-state index in [1.807, 2.05) is 16.8 Å². The molecule has 0 bridgehead atoms. The molecule has 0 saturated carbocycles. The number of amides is 1. The number of benzene rings is 1. The molecule has 2 rings (SSSR count). The van der Waals surface area contributed by atoms with Crippen LogP contribution in [0.2, 0.25) is 0 Å². The Morgan fingerprint density at radius 1 is 1.24 bits per heavy atom. The van der Waals surface area contributed by atoms with Gasteiger partial charge >= 0.3 is 5.97 Å². The lowest BCUT2D eigenvalue weighted by molar-refractivity contribution is -0.153. The fourth-order valence-corrected chi connectivity index (χ4v) is 3.16. The quantitative estimate of drug-likeness (QED) is 0.534. The average molecular weight is 385 g/mol. The molecule has 0 aliphatic heterocycles. The van der Waals surface area contributed by atoms with Gasteiger partial charge in [0.15, 0.2) is 6.10 Å². The third kappa shape index (κ3) is 6.83. The van der Waals surface area contributed by atoms with E-state index in [0.29, 0.717) is 28.8 Å². The van der Waals surface area contributed by atoms with E-state index in [1.54, 1.807) is 11.3 Å². The van der Waals surface area contributed by atoms with Gasteiger partial charge < -0.3 is 10.1 Å². The van der Waals surface area contributed by atoms with Crippen LogP contribution >= 0.6 is 23.1 Å². The molecule has 0 radical (unpaired) electrons. The van der Waals surface area contributed by atoms with Crippen LogP contribution in [0, 0.1) is 0 Å². The first-order valence-corrected chi connectivity index (χ1v) is 9.32. The summed E-state index contributed by atoms with van der Waals surface area (Å²) < 4.78 is 29.6. The first-order valence-electron chi connectivity index (χ1n) is 7.50. The van der Waals surface area contributed by atoms with Gasteiger partial charge in [-0.1, -0.05) is 11.8 Å². The second-order valence-corrected chi connectivity index (χ2v) is 7.00. The summed E-state index contributed by atoms with van der Waals surface area (Å²) in [5.74, 6) is -3.41. The number of anilines is 1. The number of hydrogen-bond acceptors (Lipinski definition) is 5. The minimum Gasteiger partial charge on any atom is -0.453 e. The van der Waals surface area contributed by atoms with Gasteiger partial charge in [-0.05, 0) is 60.0 Å². The third-order valence-corrected chi connectivity index (χ3v) is 4.68. The Balaban J connectivity index is 1.78. The predicted molar refractivity (Wildman–Crippen MR) is 95.1 cm³/mol. The second-order valence-electron chi connectivity index (χ2n) is 5.16. The van der Waals surface area contributed by atoms with Crippen molar-refractivity contribution in [2.45, 2.75) is 36.5 Å².